The summed E-state index contributed by atoms with van der Waals surface area (Å²) >= 11 is 1.27. The Hall–Kier alpha value is -2.41. The minimum absolute atomic E-state index is 0.105. The number of nitro benzene ring substituents is 1. The van der Waals surface area contributed by atoms with Gasteiger partial charge in [0.15, 0.2) is 0 Å². The predicted octanol–water partition coefficient (Wildman–Crippen LogP) is 3.03. The molecule has 0 radical (unpaired) electrons. The molecule has 0 spiro atoms. The second-order valence-corrected chi connectivity index (χ2v) is 5.28. The number of pyridine rings is 1. The summed E-state index contributed by atoms with van der Waals surface area (Å²) < 4.78 is 0. The topological polar surface area (TPSA) is 85.1 Å². The highest BCUT2D eigenvalue weighted by Crippen LogP contribution is 2.25. The third-order valence-electron chi connectivity index (χ3n) is 2.61. The zero-order chi connectivity index (χ0) is 15.2. The van der Waals surface area contributed by atoms with Crippen molar-refractivity contribution in [3.8, 4) is 0 Å². The maximum atomic E-state index is 11.9. The van der Waals surface area contributed by atoms with Crippen LogP contribution in [0.5, 0.6) is 0 Å². The van der Waals surface area contributed by atoms with Crippen LogP contribution in [0.25, 0.3) is 0 Å². The minimum atomic E-state index is -0.505. The van der Waals surface area contributed by atoms with E-state index >= 15 is 0 Å². The van der Waals surface area contributed by atoms with Gasteiger partial charge in [-0.15, -0.1) is 0 Å². The number of hydrogen-bond acceptors (Lipinski definition) is 5. The first-order chi connectivity index (χ1) is 10.1. The Balaban J connectivity index is 2.01. The van der Waals surface area contributed by atoms with Crippen molar-refractivity contribution in [2.75, 3.05) is 11.1 Å². The fourth-order valence-corrected chi connectivity index (χ4v) is 2.32. The molecule has 0 aliphatic carbocycles. The normalized spacial score (nSPS) is 10.1. The smallest absolute Gasteiger partial charge is 0.293 e. The molecule has 0 unspecified atom stereocenters. The number of amides is 1. The first-order valence-corrected chi connectivity index (χ1v) is 7.13. The molecule has 6 nitrogen and oxygen atoms in total. The number of carbonyl (C=O) groups is 1. The average Bonchev–Trinajstić information content (AvgIpc) is 2.48. The quantitative estimate of drug-likeness (QED) is 0.521. The molecule has 1 heterocycles. The van der Waals surface area contributed by atoms with E-state index in [1.54, 1.807) is 31.3 Å². The van der Waals surface area contributed by atoms with Gasteiger partial charge in [-0.3, -0.25) is 14.9 Å². The van der Waals surface area contributed by atoms with Crippen LogP contribution < -0.4 is 5.32 Å². The minimum Gasteiger partial charge on any atom is -0.320 e. The molecule has 1 amide bonds. The fourth-order valence-electron chi connectivity index (χ4n) is 1.66. The Morgan fingerprint density at radius 2 is 2.19 bits per heavy atom. The van der Waals surface area contributed by atoms with Crippen LogP contribution in [0.2, 0.25) is 0 Å². The highest BCUT2D eigenvalue weighted by molar-refractivity contribution is 7.99. The second kappa shape index (κ2) is 6.85. The van der Waals surface area contributed by atoms with Crippen LogP contribution in [-0.4, -0.2) is 21.6 Å². The number of nitrogens with zero attached hydrogens (tertiary/aromatic N) is 2. The zero-order valence-electron chi connectivity index (χ0n) is 11.3. The number of nitro groups is 1. The van der Waals surface area contributed by atoms with E-state index in [2.05, 4.69) is 10.3 Å². The summed E-state index contributed by atoms with van der Waals surface area (Å²) in [5.41, 5.74) is 0.867. The number of hydrogen-bond donors (Lipinski definition) is 1. The van der Waals surface area contributed by atoms with Crippen LogP contribution in [-0.2, 0) is 4.79 Å². The van der Waals surface area contributed by atoms with Gasteiger partial charge < -0.3 is 5.32 Å². The molecule has 2 rings (SSSR count). The van der Waals surface area contributed by atoms with Gasteiger partial charge in [0.2, 0.25) is 5.91 Å². The van der Waals surface area contributed by atoms with Gasteiger partial charge in [0.25, 0.3) is 5.69 Å². The molecule has 0 fully saturated rings. The van der Waals surface area contributed by atoms with Crippen LogP contribution in [0.3, 0.4) is 0 Å². The van der Waals surface area contributed by atoms with Gasteiger partial charge in [0.1, 0.15) is 5.69 Å². The summed E-state index contributed by atoms with van der Waals surface area (Å²) in [5.74, 6) is -0.167. The number of aryl methyl sites for hydroxylation is 1. The molecule has 0 aliphatic heterocycles. The molecule has 0 aliphatic rings. The number of thioether (sulfide) groups is 1. The highest BCUT2D eigenvalue weighted by atomic mass is 32.2. The lowest BCUT2D eigenvalue weighted by Gasteiger charge is -2.06. The zero-order valence-corrected chi connectivity index (χ0v) is 12.1. The Kier molecular flexibility index (Phi) is 4.89. The lowest BCUT2D eigenvalue weighted by molar-refractivity contribution is -0.384. The standard InChI is InChI=1S/C14H13N3O3S/c1-10-5-6-11(12(8-10)17(19)20)16-13(18)9-21-14-4-2-3-7-15-14/h2-8H,9H2,1H3,(H,16,18). The van der Waals surface area contributed by atoms with Crippen LogP contribution in [0.15, 0.2) is 47.6 Å². The lowest BCUT2D eigenvalue weighted by atomic mass is 10.2. The SMILES string of the molecule is Cc1ccc(NC(=O)CSc2ccccn2)c([N+](=O)[O-])c1. The highest BCUT2D eigenvalue weighted by Gasteiger charge is 2.16. The third kappa shape index (κ3) is 4.28. The number of nitrogens with one attached hydrogen (secondary N) is 1. The van der Waals surface area contributed by atoms with Gasteiger partial charge in [0.05, 0.1) is 15.7 Å². The summed E-state index contributed by atoms with van der Waals surface area (Å²) in [6.07, 6.45) is 1.64. The van der Waals surface area contributed by atoms with Crippen molar-refractivity contribution in [3.05, 3.63) is 58.3 Å². The molecule has 1 aromatic carbocycles. The van der Waals surface area contributed by atoms with Gasteiger partial charge in [-0.25, -0.2) is 4.98 Å². The Morgan fingerprint density at radius 3 is 2.86 bits per heavy atom. The third-order valence-corrected chi connectivity index (χ3v) is 3.56. The van der Waals surface area contributed by atoms with Crippen molar-refractivity contribution in [2.24, 2.45) is 0 Å². The summed E-state index contributed by atoms with van der Waals surface area (Å²) in [4.78, 5) is 26.4. The molecular weight excluding hydrogens is 290 g/mol. The van der Waals surface area contributed by atoms with Crippen molar-refractivity contribution >= 4 is 29.0 Å². The molecule has 1 N–H and O–H groups in total. The number of rotatable bonds is 5. The Labute approximate surface area is 125 Å². The number of aromatic nitrogens is 1. The molecular formula is C14H13N3O3S. The van der Waals surface area contributed by atoms with E-state index in [0.717, 1.165) is 10.6 Å². The summed E-state index contributed by atoms with van der Waals surface area (Å²) in [6, 6.07) is 10.1. The second-order valence-electron chi connectivity index (χ2n) is 4.28. The molecule has 0 bridgehead atoms. The summed E-state index contributed by atoms with van der Waals surface area (Å²) in [5, 5.41) is 14.3. The van der Waals surface area contributed by atoms with E-state index in [1.807, 2.05) is 6.07 Å². The summed E-state index contributed by atoms with van der Waals surface area (Å²) in [6.45, 7) is 1.76. The van der Waals surface area contributed by atoms with Crippen molar-refractivity contribution in [1.82, 2.24) is 4.98 Å². The molecule has 2 aromatic rings. The molecule has 0 saturated heterocycles. The van der Waals surface area contributed by atoms with Gasteiger partial charge in [-0.2, -0.15) is 0 Å². The van der Waals surface area contributed by atoms with E-state index in [9.17, 15) is 14.9 Å². The first-order valence-electron chi connectivity index (χ1n) is 6.15. The monoisotopic (exact) mass is 303 g/mol. The Morgan fingerprint density at radius 1 is 1.38 bits per heavy atom. The van der Waals surface area contributed by atoms with Gasteiger partial charge in [-0.05, 0) is 30.7 Å². The maximum Gasteiger partial charge on any atom is 0.293 e. The lowest BCUT2D eigenvalue weighted by Crippen LogP contribution is -2.15. The predicted molar refractivity (Wildman–Crippen MR) is 81.4 cm³/mol. The first kappa shape index (κ1) is 15.0. The number of carbonyl (C=O) groups excluding carboxylic acids is 1. The van der Waals surface area contributed by atoms with Crippen LogP contribution in [0.4, 0.5) is 11.4 Å². The van der Waals surface area contributed by atoms with Gasteiger partial charge in [0, 0.05) is 12.3 Å². The molecule has 0 atom stereocenters. The molecule has 108 valence electrons. The van der Waals surface area contributed by atoms with Crippen LogP contribution in [0, 0.1) is 17.0 Å². The van der Waals surface area contributed by atoms with Crippen molar-refractivity contribution < 1.29 is 9.72 Å². The van der Waals surface area contributed by atoms with Gasteiger partial charge in [-0.1, -0.05) is 23.9 Å². The molecule has 21 heavy (non-hydrogen) atoms. The van der Waals surface area contributed by atoms with Gasteiger partial charge >= 0.3 is 0 Å². The van der Waals surface area contributed by atoms with Crippen molar-refractivity contribution in [3.63, 3.8) is 0 Å². The van der Waals surface area contributed by atoms with E-state index in [-0.39, 0.29) is 23.0 Å². The van der Waals surface area contributed by atoms with E-state index in [4.69, 9.17) is 0 Å². The number of benzene rings is 1. The van der Waals surface area contributed by atoms with Crippen LogP contribution >= 0.6 is 11.8 Å². The largest absolute Gasteiger partial charge is 0.320 e. The molecule has 7 heteroatoms. The van der Waals surface area contributed by atoms with E-state index in [1.165, 1.54) is 23.9 Å². The number of anilines is 1. The summed E-state index contributed by atoms with van der Waals surface area (Å²) in [7, 11) is 0. The Bertz CT molecular complexity index is 662. The van der Waals surface area contributed by atoms with Crippen molar-refractivity contribution in [1.29, 1.82) is 0 Å². The average molecular weight is 303 g/mol. The molecule has 1 aromatic heterocycles. The van der Waals surface area contributed by atoms with Crippen LogP contribution in [0.1, 0.15) is 5.56 Å². The molecule has 0 saturated carbocycles. The maximum absolute atomic E-state index is 11.9. The van der Waals surface area contributed by atoms with E-state index < -0.39 is 4.92 Å². The van der Waals surface area contributed by atoms with Crippen molar-refractivity contribution in [2.45, 2.75) is 11.9 Å². The fraction of sp³-hybridized carbons (Fsp3) is 0.143. The van der Waals surface area contributed by atoms with E-state index in [0.29, 0.717) is 0 Å².